The zero-order valence-corrected chi connectivity index (χ0v) is 10.1. The molecule has 4 heteroatoms. The minimum absolute atomic E-state index is 0.150. The summed E-state index contributed by atoms with van der Waals surface area (Å²) in [5.41, 5.74) is 0.489. The molecule has 0 N–H and O–H groups in total. The zero-order valence-electron chi connectivity index (χ0n) is 10.1. The van der Waals surface area contributed by atoms with Crippen LogP contribution in [0.25, 0.3) is 0 Å². The van der Waals surface area contributed by atoms with Gasteiger partial charge in [0.15, 0.2) is 0 Å². The molecule has 1 aromatic rings. The fourth-order valence-electron chi connectivity index (χ4n) is 1.11. The molecule has 0 atom stereocenters. The fourth-order valence-corrected chi connectivity index (χ4v) is 1.11. The third-order valence-corrected chi connectivity index (χ3v) is 1.92. The highest BCUT2D eigenvalue weighted by molar-refractivity contribution is 5.74. The molecule has 0 radical (unpaired) electrons. The summed E-state index contributed by atoms with van der Waals surface area (Å²) in [6, 6.07) is 6.37. The van der Waals surface area contributed by atoms with Crippen molar-refractivity contribution in [3.63, 3.8) is 0 Å². The largest absolute Gasteiger partial charge is 0.315 e. The highest BCUT2D eigenvalue weighted by atomic mass is 19.1. The van der Waals surface area contributed by atoms with E-state index in [4.69, 9.17) is 0 Å². The van der Waals surface area contributed by atoms with Crippen LogP contribution in [0.15, 0.2) is 37.0 Å². The lowest BCUT2D eigenvalue weighted by Gasteiger charge is -2.15. The van der Waals surface area contributed by atoms with Gasteiger partial charge in [-0.2, -0.15) is 0 Å². The number of hydrogen-bond donors (Lipinski definition) is 0. The number of carbonyl (C=O) groups is 1. The highest BCUT2D eigenvalue weighted by Gasteiger charge is 2.07. The van der Waals surface area contributed by atoms with Gasteiger partial charge in [-0.05, 0) is 19.2 Å². The van der Waals surface area contributed by atoms with Gasteiger partial charge in [-0.25, -0.2) is 4.39 Å². The van der Waals surface area contributed by atoms with Gasteiger partial charge in [-0.15, -0.1) is 0 Å². The second kappa shape index (κ2) is 8.44. The van der Waals surface area contributed by atoms with E-state index in [0.29, 0.717) is 5.56 Å². The minimum Gasteiger partial charge on any atom is -0.315 e. The molecule has 0 saturated heterocycles. The van der Waals surface area contributed by atoms with E-state index in [1.54, 1.807) is 18.2 Å². The van der Waals surface area contributed by atoms with Crippen LogP contribution < -0.4 is 0 Å². The topological polar surface area (TPSA) is 20.3 Å². The second-order valence-electron chi connectivity index (χ2n) is 3.19. The molecule has 17 heavy (non-hydrogen) atoms. The van der Waals surface area contributed by atoms with Crippen molar-refractivity contribution in [2.75, 3.05) is 6.67 Å². The Kier molecular flexibility index (Phi) is 7.59. The van der Waals surface area contributed by atoms with Gasteiger partial charge in [-0.1, -0.05) is 24.8 Å². The van der Waals surface area contributed by atoms with E-state index in [1.807, 2.05) is 0 Å². The lowest BCUT2D eigenvalue weighted by molar-refractivity contribution is -0.126. The third kappa shape index (κ3) is 5.80. The summed E-state index contributed by atoms with van der Waals surface area (Å²) in [7, 11) is 0. The van der Waals surface area contributed by atoms with Gasteiger partial charge in [0.1, 0.15) is 5.82 Å². The SMILES string of the molecule is C=CN(Cc1ccccc1F)C(C)=O.CCF. The summed E-state index contributed by atoms with van der Waals surface area (Å²) < 4.78 is 23.5. The maximum Gasteiger partial charge on any atom is 0.223 e. The van der Waals surface area contributed by atoms with E-state index in [1.165, 1.54) is 31.0 Å². The summed E-state index contributed by atoms with van der Waals surface area (Å²) in [6.45, 7) is 6.35. The smallest absolute Gasteiger partial charge is 0.223 e. The summed E-state index contributed by atoms with van der Waals surface area (Å²) in [5, 5.41) is 0. The van der Waals surface area contributed by atoms with E-state index in [-0.39, 0.29) is 24.9 Å². The van der Waals surface area contributed by atoms with Crippen LogP contribution in [0.3, 0.4) is 0 Å². The van der Waals surface area contributed by atoms with Gasteiger partial charge in [0.05, 0.1) is 13.2 Å². The molecule has 1 amide bonds. The lowest BCUT2D eigenvalue weighted by Crippen LogP contribution is -2.22. The molecule has 0 aromatic heterocycles. The first-order valence-electron chi connectivity index (χ1n) is 5.25. The van der Waals surface area contributed by atoms with Gasteiger partial charge in [0.2, 0.25) is 5.91 Å². The number of amides is 1. The number of benzene rings is 1. The van der Waals surface area contributed by atoms with Crippen LogP contribution in [-0.2, 0) is 11.3 Å². The van der Waals surface area contributed by atoms with Gasteiger partial charge < -0.3 is 4.90 Å². The Balaban J connectivity index is 0.000000770. The van der Waals surface area contributed by atoms with Crippen LogP contribution in [0, 0.1) is 5.82 Å². The lowest BCUT2D eigenvalue weighted by atomic mass is 10.2. The first kappa shape index (κ1) is 15.3. The van der Waals surface area contributed by atoms with Crippen LogP contribution in [-0.4, -0.2) is 17.5 Å². The van der Waals surface area contributed by atoms with E-state index in [2.05, 4.69) is 6.58 Å². The van der Waals surface area contributed by atoms with E-state index >= 15 is 0 Å². The minimum atomic E-state index is -0.305. The molecule has 0 aliphatic heterocycles. The van der Waals surface area contributed by atoms with E-state index < -0.39 is 0 Å². The number of halogens is 2. The van der Waals surface area contributed by atoms with Crippen LogP contribution >= 0.6 is 0 Å². The van der Waals surface area contributed by atoms with Crippen molar-refractivity contribution in [1.29, 1.82) is 0 Å². The molecule has 1 aromatic carbocycles. The molecular formula is C13H17F2NO. The van der Waals surface area contributed by atoms with Gasteiger partial charge in [-0.3, -0.25) is 9.18 Å². The molecule has 0 aliphatic carbocycles. The van der Waals surface area contributed by atoms with Crippen molar-refractivity contribution in [1.82, 2.24) is 4.90 Å². The fraction of sp³-hybridized carbons (Fsp3) is 0.308. The maximum absolute atomic E-state index is 13.2. The summed E-state index contributed by atoms with van der Waals surface area (Å²) in [6.07, 6.45) is 1.40. The normalized spacial score (nSPS) is 8.94. The van der Waals surface area contributed by atoms with Gasteiger partial charge in [0.25, 0.3) is 0 Å². The molecular weight excluding hydrogens is 224 g/mol. The highest BCUT2D eigenvalue weighted by Crippen LogP contribution is 2.09. The van der Waals surface area contributed by atoms with E-state index in [0.717, 1.165) is 0 Å². The maximum atomic E-state index is 13.2. The molecule has 0 heterocycles. The molecule has 0 spiro atoms. The summed E-state index contributed by atoms with van der Waals surface area (Å²) in [5.74, 6) is -0.455. The quantitative estimate of drug-likeness (QED) is 0.795. The van der Waals surface area contributed by atoms with Crippen LogP contribution in [0.4, 0.5) is 8.78 Å². The predicted octanol–water partition coefficient (Wildman–Crippen LogP) is 3.29. The molecule has 0 unspecified atom stereocenters. The van der Waals surface area contributed by atoms with Crippen LogP contribution in [0.5, 0.6) is 0 Å². The molecule has 0 bridgehead atoms. The molecule has 94 valence electrons. The molecule has 0 fully saturated rings. The van der Waals surface area contributed by atoms with Crippen molar-refractivity contribution in [2.45, 2.75) is 20.4 Å². The Labute approximate surface area is 101 Å². The second-order valence-corrected chi connectivity index (χ2v) is 3.19. The summed E-state index contributed by atoms with van der Waals surface area (Å²) >= 11 is 0. The molecule has 0 aliphatic rings. The predicted molar refractivity (Wildman–Crippen MR) is 64.5 cm³/mol. The monoisotopic (exact) mass is 241 g/mol. The summed E-state index contributed by atoms with van der Waals surface area (Å²) in [4.78, 5) is 12.4. The van der Waals surface area contributed by atoms with Crippen molar-refractivity contribution in [3.8, 4) is 0 Å². The number of hydrogen-bond acceptors (Lipinski definition) is 1. The average Bonchev–Trinajstić information content (AvgIpc) is 2.28. The Morgan fingerprint density at radius 2 is 2.00 bits per heavy atom. The Bertz CT molecular complexity index is 366. The Morgan fingerprint density at radius 3 is 2.41 bits per heavy atom. The standard InChI is InChI=1S/C11H12FNO.C2H5F/c1-3-13(9(2)14)8-10-6-4-5-7-11(10)12;1-2-3/h3-7H,1,8H2,2H3;2H2,1H3. The van der Waals surface area contributed by atoms with Crippen molar-refractivity contribution < 1.29 is 13.6 Å². The third-order valence-electron chi connectivity index (χ3n) is 1.92. The van der Waals surface area contributed by atoms with E-state index in [9.17, 15) is 13.6 Å². The van der Waals surface area contributed by atoms with Crippen LogP contribution in [0.1, 0.15) is 19.4 Å². The number of carbonyl (C=O) groups excluding carboxylic acids is 1. The van der Waals surface area contributed by atoms with Crippen LogP contribution in [0.2, 0.25) is 0 Å². The first-order chi connectivity index (χ1) is 8.06. The van der Waals surface area contributed by atoms with Crippen molar-refractivity contribution >= 4 is 5.91 Å². The number of alkyl halides is 1. The van der Waals surface area contributed by atoms with Crippen molar-refractivity contribution in [2.24, 2.45) is 0 Å². The number of nitrogens with zero attached hydrogens (tertiary/aromatic N) is 1. The van der Waals surface area contributed by atoms with Gasteiger partial charge >= 0.3 is 0 Å². The number of rotatable bonds is 3. The first-order valence-corrected chi connectivity index (χ1v) is 5.25. The Morgan fingerprint density at radius 1 is 1.47 bits per heavy atom. The zero-order chi connectivity index (χ0) is 13.3. The van der Waals surface area contributed by atoms with Gasteiger partial charge in [0, 0.05) is 12.5 Å². The Hall–Kier alpha value is -1.71. The molecule has 0 saturated carbocycles. The molecule has 2 nitrogen and oxygen atoms in total. The van der Waals surface area contributed by atoms with Crippen molar-refractivity contribution in [3.05, 3.63) is 48.4 Å². The molecule has 1 rings (SSSR count). The average molecular weight is 241 g/mol.